The quantitative estimate of drug-likeness (QED) is 0.520. The van der Waals surface area contributed by atoms with E-state index in [4.69, 9.17) is 0 Å². The predicted octanol–water partition coefficient (Wildman–Crippen LogP) is 4.16. The van der Waals surface area contributed by atoms with E-state index in [0.717, 1.165) is 11.8 Å². The third-order valence-electron chi connectivity index (χ3n) is 3.62. The van der Waals surface area contributed by atoms with Crippen LogP contribution in [0.3, 0.4) is 0 Å². The van der Waals surface area contributed by atoms with Crippen LogP contribution in [0.15, 0.2) is 43.0 Å². The third-order valence-corrected chi connectivity index (χ3v) is 3.62. The first kappa shape index (κ1) is 13.1. The molecule has 1 aliphatic carbocycles. The lowest BCUT2D eigenvalue weighted by Crippen LogP contribution is -2.12. The Hall–Kier alpha value is -0.975. The first-order chi connectivity index (χ1) is 7.40. The van der Waals surface area contributed by atoms with Crippen molar-refractivity contribution in [2.75, 3.05) is 0 Å². The predicted molar refractivity (Wildman–Crippen MR) is 71.7 cm³/mol. The first-order valence-corrected chi connectivity index (χ1v) is 6.06. The minimum absolute atomic E-state index is 0. The smallest absolute Gasteiger partial charge is 0 e. The van der Waals surface area contributed by atoms with Crippen LogP contribution in [0.1, 0.15) is 43.6 Å². The molecule has 0 spiro atoms. The second-order valence-corrected chi connectivity index (χ2v) is 4.65. The molecule has 2 rings (SSSR count). The summed E-state index contributed by atoms with van der Waals surface area (Å²) in [6.45, 7) is 3.83. The van der Waals surface area contributed by atoms with Crippen molar-refractivity contribution in [3.63, 3.8) is 0 Å². The fourth-order valence-electron chi connectivity index (χ4n) is 2.69. The molecule has 0 N–H and O–H groups in total. The van der Waals surface area contributed by atoms with Gasteiger partial charge in [-0.15, -0.1) is 6.58 Å². The molecule has 83 valence electrons. The fraction of sp³-hybridized carbons (Fsp3) is 0.467. The third kappa shape index (κ3) is 3.26. The Labute approximate surface area is 101 Å². The molecule has 0 aliphatic heterocycles. The van der Waals surface area contributed by atoms with Crippen molar-refractivity contribution in [2.24, 2.45) is 5.92 Å². The standard InChI is InChI=1S/C15H20.B/c1-2-6-13-9-11-15(12-10-13)14-7-4-3-5-8-14;/h2-5,7-8,13,15H,1,6,9-12H2;. The Morgan fingerprint density at radius 3 is 2.25 bits per heavy atom. The highest BCUT2D eigenvalue weighted by Crippen LogP contribution is 2.36. The van der Waals surface area contributed by atoms with Crippen LogP contribution in [0.2, 0.25) is 0 Å². The molecule has 1 aromatic rings. The second kappa shape index (κ2) is 6.57. The van der Waals surface area contributed by atoms with E-state index in [1.165, 1.54) is 37.7 Å². The number of allylic oxidation sites excluding steroid dienone is 1. The molecule has 1 aliphatic rings. The normalized spacial score (nSPS) is 24.5. The Balaban J connectivity index is 0.00000128. The lowest BCUT2D eigenvalue weighted by molar-refractivity contribution is 0.328. The molecule has 0 aromatic heterocycles. The molecule has 0 amide bonds. The zero-order chi connectivity index (χ0) is 10.5. The summed E-state index contributed by atoms with van der Waals surface area (Å²) in [4.78, 5) is 0. The molecule has 1 saturated carbocycles. The maximum absolute atomic E-state index is 3.83. The van der Waals surface area contributed by atoms with Gasteiger partial charge in [0.05, 0.1) is 0 Å². The van der Waals surface area contributed by atoms with Gasteiger partial charge in [-0.25, -0.2) is 0 Å². The van der Waals surface area contributed by atoms with E-state index in [1.54, 1.807) is 0 Å². The van der Waals surface area contributed by atoms with Crippen molar-refractivity contribution < 1.29 is 0 Å². The van der Waals surface area contributed by atoms with Crippen LogP contribution in [-0.4, -0.2) is 8.41 Å². The zero-order valence-electron chi connectivity index (χ0n) is 9.94. The van der Waals surface area contributed by atoms with Gasteiger partial charge in [0.2, 0.25) is 0 Å². The number of hydrogen-bond acceptors (Lipinski definition) is 0. The van der Waals surface area contributed by atoms with E-state index in [0.29, 0.717) is 0 Å². The molecule has 0 nitrogen and oxygen atoms in total. The second-order valence-electron chi connectivity index (χ2n) is 4.65. The molecule has 1 aromatic carbocycles. The average molecular weight is 211 g/mol. The van der Waals surface area contributed by atoms with Gasteiger partial charge in [0.25, 0.3) is 0 Å². The largest absolute Gasteiger partial charge is 0.103 e. The molecule has 16 heavy (non-hydrogen) atoms. The highest BCUT2D eigenvalue weighted by molar-refractivity contribution is 5.75. The van der Waals surface area contributed by atoms with E-state index in [-0.39, 0.29) is 8.41 Å². The van der Waals surface area contributed by atoms with Crippen LogP contribution >= 0.6 is 0 Å². The summed E-state index contributed by atoms with van der Waals surface area (Å²) in [6, 6.07) is 11.0. The zero-order valence-corrected chi connectivity index (χ0v) is 9.94. The highest BCUT2D eigenvalue weighted by atomic mass is 14.3. The lowest BCUT2D eigenvalue weighted by Gasteiger charge is -2.28. The monoisotopic (exact) mass is 211 g/mol. The Bertz CT molecular complexity index is 296. The van der Waals surface area contributed by atoms with Crippen LogP contribution in [0.4, 0.5) is 0 Å². The summed E-state index contributed by atoms with van der Waals surface area (Å²) >= 11 is 0. The molecule has 1 fully saturated rings. The van der Waals surface area contributed by atoms with Gasteiger partial charge in [-0.1, -0.05) is 36.4 Å². The van der Waals surface area contributed by atoms with E-state index >= 15 is 0 Å². The van der Waals surface area contributed by atoms with Crippen LogP contribution in [0, 0.1) is 5.92 Å². The van der Waals surface area contributed by atoms with Crippen molar-refractivity contribution in [3.05, 3.63) is 48.6 Å². The van der Waals surface area contributed by atoms with Gasteiger partial charge in [0.15, 0.2) is 0 Å². The van der Waals surface area contributed by atoms with E-state index in [2.05, 4.69) is 43.0 Å². The summed E-state index contributed by atoms with van der Waals surface area (Å²) < 4.78 is 0. The van der Waals surface area contributed by atoms with Crippen molar-refractivity contribution in [1.82, 2.24) is 0 Å². The summed E-state index contributed by atoms with van der Waals surface area (Å²) in [5.41, 5.74) is 1.54. The molecule has 0 bridgehead atoms. The molecule has 0 atom stereocenters. The van der Waals surface area contributed by atoms with E-state index in [1.807, 2.05) is 0 Å². The Morgan fingerprint density at radius 2 is 1.69 bits per heavy atom. The van der Waals surface area contributed by atoms with Crippen molar-refractivity contribution in [2.45, 2.75) is 38.0 Å². The van der Waals surface area contributed by atoms with Gasteiger partial charge in [-0.05, 0) is 49.5 Å². The average Bonchev–Trinajstić information content (AvgIpc) is 2.32. The number of benzene rings is 1. The summed E-state index contributed by atoms with van der Waals surface area (Å²) in [5.74, 6) is 1.72. The topological polar surface area (TPSA) is 0 Å². The van der Waals surface area contributed by atoms with Crippen molar-refractivity contribution in [3.8, 4) is 0 Å². The van der Waals surface area contributed by atoms with Gasteiger partial charge in [-0.3, -0.25) is 0 Å². The molecule has 0 saturated heterocycles. The number of rotatable bonds is 3. The highest BCUT2D eigenvalue weighted by Gasteiger charge is 2.20. The van der Waals surface area contributed by atoms with Gasteiger partial charge >= 0.3 is 0 Å². The van der Waals surface area contributed by atoms with E-state index in [9.17, 15) is 0 Å². The van der Waals surface area contributed by atoms with Gasteiger partial charge < -0.3 is 0 Å². The van der Waals surface area contributed by atoms with Crippen LogP contribution in [-0.2, 0) is 0 Å². The van der Waals surface area contributed by atoms with Gasteiger partial charge in [-0.2, -0.15) is 0 Å². The maximum Gasteiger partial charge on any atom is 0 e. The first-order valence-electron chi connectivity index (χ1n) is 6.06. The molecule has 0 unspecified atom stereocenters. The molecular formula is C15H20B. The summed E-state index contributed by atoms with van der Waals surface area (Å²) in [7, 11) is 0. The molecule has 0 heterocycles. The Kier molecular flexibility index (Phi) is 5.38. The van der Waals surface area contributed by atoms with Crippen LogP contribution in [0.5, 0.6) is 0 Å². The van der Waals surface area contributed by atoms with E-state index < -0.39 is 0 Å². The molecule has 1 heteroatoms. The van der Waals surface area contributed by atoms with Crippen LogP contribution < -0.4 is 0 Å². The summed E-state index contributed by atoms with van der Waals surface area (Å²) in [6.07, 6.45) is 8.78. The van der Waals surface area contributed by atoms with Crippen molar-refractivity contribution in [1.29, 1.82) is 0 Å². The van der Waals surface area contributed by atoms with Gasteiger partial charge in [0.1, 0.15) is 0 Å². The molecular weight excluding hydrogens is 191 g/mol. The van der Waals surface area contributed by atoms with Crippen molar-refractivity contribution >= 4 is 8.41 Å². The summed E-state index contributed by atoms with van der Waals surface area (Å²) in [5, 5.41) is 0. The minimum Gasteiger partial charge on any atom is -0.103 e. The van der Waals surface area contributed by atoms with Crippen LogP contribution in [0.25, 0.3) is 0 Å². The molecule has 3 radical (unpaired) electrons. The maximum atomic E-state index is 3.83. The number of hydrogen-bond donors (Lipinski definition) is 0. The SMILES string of the molecule is C=CCC1CCC(c2ccccc2)CC1.[B]. The van der Waals surface area contributed by atoms with Gasteiger partial charge in [0, 0.05) is 8.41 Å². The lowest BCUT2D eigenvalue weighted by atomic mass is 9.78. The minimum atomic E-state index is 0. The fourth-order valence-corrected chi connectivity index (χ4v) is 2.69. The Morgan fingerprint density at radius 1 is 1.06 bits per heavy atom.